The SMILES string of the molecule is CNc1cc(C2=CCN(C(=O)OC(C)(C)C)CC2)c(F)cc1C(=N)c1ccc(OCc2ccccc2)nc1OCc1ccccc1. The lowest BCUT2D eigenvalue weighted by atomic mass is 9.94. The molecule has 4 aromatic rings. The number of aromatic nitrogens is 1. The van der Waals surface area contributed by atoms with Gasteiger partial charge in [-0.25, -0.2) is 9.18 Å². The van der Waals surface area contributed by atoms with E-state index in [2.05, 4.69) is 10.3 Å². The maximum Gasteiger partial charge on any atom is 0.410 e. The molecule has 0 radical (unpaired) electrons. The van der Waals surface area contributed by atoms with Crippen molar-refractivity contribution in [3.8, 4) is 11.8 Å². The molecule has 0 unspecified atom stereocenters. The first-order valence-corrected chi connectivity index (χ1v) is 15.2. The predicted octanol–water partition coefficient (Wildman–Crippen LogP) is 7.86. The Morgan fingerprint density at radius 3 is 2.17 bits per heavy atom. The van der Waals surface area contributed by atoms with Gasteiger partial charge < -0.3 is 24.4 Å². The topological polar surface area (TPSA) is 96.8 Å². The highest BCUT2D eigenvalue weighted by atomic mass is 19.1. The van der Waals surface area contributed by atoms with Crippen molar-refractivity contribution >= 4 is 23.1 Å². The van der Waals surface area contributed by atoms with Crippen molar-refractivity contribution in [2.24, 2.45) is 0 Å². The second-order valence-electron chi connectivity index (χ2n) is 12.0. The predicted molar refractivity (Wildman–Crippen MR) is 178 cm³/mol. The van der Waals surface area contributed by atoms with Gasteiger partial charge in [0.15, 0.2) is 0 Å². The molecule has 1 aromatic heterocycles. The van der Waals surface area contributed by atoms with Crippen molar-refractivity contribution in [1.29, 1.82) is 5.41 Å². The molecule has 2 N–H and O–H groups in total. The van der Waals surface area contributed by atoms with E-state index in [0.29, 0.717) is 54.4 Å². The lowest BCUT2D eigenvalue weighted by Crippen LogP contribution is -2.39. The summed E-state index contributed by atoms with van der Waals surface area (Å²) in [4.78, 5) is 18.7. The average molecular weight is 623 g/mol. The normalized spacial score (nSPS) is 13.1. The zero-order valence-electron chi connectivity index (χ0n) is 26.6. The van der Waals surface area contributed by atoms with Gasteiger partial charge in [0.2, 0.25) is 11.8 Å². The van der Waals surface area contributed by atoms with Crippen LogP contribution in [0.3, 0.4) is 0 Å². The zero-order valence-corrected chi connectivity index (χ0v) is 26.6. The summed E-state index contributed by atoms with van der Waals surface area (Å²) in [5.41, 5.74) is 3.95. The minimum absolute atomic E-state index is 0.0497. The Hall–Kier alpha value is -5.18. The molecule has 0 bridgehead atoms. The van der Waals surface area contributed by atoms with Crippen molar-refractivity contribution in [1.82, 2.24) is 9.88 Å². The van der Waals surface area contributed by atoms with Crippen LogP contribution in [0.5, 0.6) is 11.8 Å². The first-order chi connectivity index (χ1) is 22.1. The van der Waals surface area contributed by atoms with Gasteiger partial charge in [0, 0.05) is 43.0 Å². The molecule has 238 valence electrons. The Bertz CT molecular complexity index is 1720. The minimum atomic E-state index is -0.591. The summed E-state index contributed by atoms with van der Waals surface area (Å²) >= 11 is 0. The molecule has 0 atom stereocenters. The Kier molecular flexibility index (Phi) is 10.0. The molecule has 1 aliphatic heterocycles. The van der Waals surface area contributed by atoms with Crippen LogP contribution in [0.2, 0.25) is 0 Å². The van der Waals surface area contributed by atoms with Crippen molar-refractivity contribution < 1.29 is 23.4 Å². The Labute approximate surface area is 269 Å². The van der Waals surface area contributed by atoms with Crippen LogP contribution in [0.15, 0.2) is 91.0 Å². The van der Waals surface area contributed by atoms with E-state index < -0.39 is 17.5 Å². The molecule has 0 aliphatic carbocycles. The molecule has 46 heavy (non-hydrogen) atoms. The zero-order chi connectivity index (χ0) is 32.7. The number of hydrogen-bond acceptors (Lipinski definition) is 7. The molecule has 0 fully saturated rings. The van der Waals surface area contributed by atoms with Crippen LogP contribution in [-0.2, 0) is 18.0 Å². The van der Waals surface area contributed by atoms with Gasteiger partial charge in [0.1, 0.15) is 24.6 Å². The summed E-state index contributed by atoms with van der Waals surface area (Å²) in [5.74, 6) is 0.102. The second-order valence-corrected chi connectivity index (χ2v) is 12.0. The first-order valence-electron chi connectivity index (χ1n) is 15.2. The Morgan fingerprint density at radius 2 is 1.59 bits per heavy atom. The summed E-state index contributed by atoms with van der Waals surface area (Å²) < 4.78 is 33.3. The van der Waals surface area contributed by atoms with Crippen LogP contribution < -0.4 is 14.8 Å². The van der Waals surface area contributed by atoms with Crippen molar-refractivity contribution in [2.75, 3.05) is 25.5 Å². The number of carbonyl (C=O) groups is 1. The Balaban J connectivity index is 1.40. The van der Waals surface area contributed by atoms with Crippen molar-refractivity contribution in [3.63, 3.8) is 0 Å². The quantitative estimate of drug-likeness (QED) is 0.175. The van der Waals surface area contributed by atoms with E-state index in [1.165, 1.54) is 6.07 Å². The third-order valence-electron chi connectivity index (χ3n) is 7.40. The molecule has 2 heterocycles. The van der Waals surface area contributed by atoms with Crippen molar-refractivity contribution in [2.45, 2.75) is 46.0 Å². The van der Waals surface area contributed by atoms with Gasteiger partial charge in [-0.15, -0.1) is 0 Å². The number of ether oxygens (including phenoxy) is 3. The number of rotatable bonds is 10. The lowest BCUT2D eigenvalue weighted by molar-refractivity contribution is 0.0270. The van der Waals surface area contributed by atoms with Crippen LogP contribution in [0.4, 0.5) is 14.9 Å². The van der Waals surface area contributed by atoms with Crippen LogP contribution in [0, 0.1) is 11.2 Å². The average Bonchev–Trinajstić information content (AvgIpc) is 3.06. The summed E-state index contributed by atoms with van der Waals surface area (Å²) in [6.07, 6.45) is 1.93. The maximum atomic E-state index is 15.8. The number of halogens is 1. The monoisotopic (exact) mass is 622 g/mol. The molecular formula is C37H39FN4O4. The highest BCUT2D eigenvalue weighted by Gasteiger charge is 2.26. The molecule has 1 aliphatic rings. The van der Waals surface area contributed by atoms with E-state index in [4.69, 9.17) is 19.6 Å². The van der Waals surface area contributed by atoms with E-state index >= 15 is 4.39 Å². The van der Waals surface area contributed by atoms with E-state index in [-0.39, 0.29) is 18.2 Å². The number of hydrogen-bond donors (Lipinski definition) is 2. The molecule has 9 heteroatoms. The fourth-order valence-corrected chi connectivity index (χ4v) is 5.05. The third kappa shape index (κ3) is 8.10. The number of benzene rings is 3. The standard InChI is InChI=1S/C37H39FN4O4/c1-37(2,3)46-36(43)42-19-17-27(18-20-42)29-22-32(40-4)30(21-31(29)38)34(39)28-15-16-33(44-23-25-11-7-5-8-12-25)41-35(28)45-24-26-13-9-6-10-14-26/h5-17,21-22,39-40H,18-20,23-24H2,1-4H3. The van der Waals surface area contributed by atoms with Gasteiger partial charge in [0.25, 0.3) is 0 Å². The van der Waals surface area contributed by atoms with E-state index in [1.807, 2.05) is 87.5 Å². The number of nitrogens with one attached hydrogen (secondary N) is 2. The lowest BCUT2D eigenvalue weighted by Gasteiger charge is -2.30. The summed E-state index contributed by atoms with van der Waals surface area (Å²) in [5, 5.41) is 12.3. The second kappa shape index (κ2) is 14.3. The smallest absolute Gasteiger partial charge is 0.410 e. The molecule has 3 aromatic carbocycles. The van der Waals surface area contributed by atoms with Gasteiger partial charge in [-0.2, -0.15) is 4.98 Å². The molecule has 8 nitrogen and oxygen atoms in total. The number of anilines is 1. The highest BCUT2D eigenvalue weighted by Crippen LogP contribution is 2.33. The van der Waals surface area contributed by atoms with Crippen LogP contribution >= 0.6 is 0 Å². The third-order valence-corrected chi connectivity index (χ3v) is 7.40. The maximum absolute atomic E-state index is 15.8. The number of nitrogens with zero attached hydrogens (tertiary/aromatic N) is 2. The van der Waals surface area contributed by atoms with Crippen LogP contribution in [0.25, 0.3) is 5.57 Å². The van der Waals surface area contributed by atoms with Gasteiger partial charge in [0.05, 0.1) is 11.3 Å². The largest absolute Gasteiger partial charge is 0.473 e. The summed E-state index contributed by atoms with van der Waals surface area (Å²) in [6.45, 7) is 6.77. The number of carbonyl (C=O) groups excluding carboxylic acids is 1. The molecular weight excluding hydrogens is 583 g/mol. The highest BCUT2D eigenvalue weighted by molar-refractivity contribution is 6.15. The summed E-state index contributed by atoms with van der Waals surface area (Å²) in [6, 6.07) is 25.9. The molecule has 0 saturated heterocycles. The minimum Gasteiger partial charge on any atom is -0.473 e. The van der Waals surface area contributed by atoms with Crippen molar-refractivity contribution in [3.05, 3.63) is 125 Å². The molecule has 0 saturated carbocycles. The molecule has 0 spiro atoms. The van der Waals surface area contributed by atoms with Crippen LogP contribution in [0.1, 0.15) is 55.0 Å². The molecule has 1 amide bonds. The van der Waals surface area contributed by atoms with Gasteiger partial charge in [-0.1, -0.05) is 66.7 Å². The van der Waals surface area contributed by atoms with Gasteiger partial charge in [-0.3, -0.25) is 5.41 Å². The first kappa shape index (κ1) is 32.2. The van der Waals surface area contributed by atoms with E-state index in [1.54, 1.807) is 30.1 Å². The summed E-state index contributed by atoms with van der Waals surface area (Å²) in [7, 11) is 1.73. The number of pyridine rings is 1. The molecule has 5 rings (SSSR count). The van der Waals surface area contributed by atoms with Crippen LogP contribution in [-0.4, -0.2) is 47.4 Å². The van der Waals surface area contributed by atoms with E-state index in [9.17, 15) is 4.79 Å². The van der Waals surface area contributed by atoms with Gasteiger partial charge in [-0.05, 0) is 62.1 Å². The Morgan fingerprint density at radius 1 is 0.935 bits per heavy atom. The van der Waals surface area contributed by atoms with Gasteiger partial charge >= 0.3 is 6.09 Å². The fraction of sp³-hybridized carbons (Fsp3) is 0.270. The number of amides is 1. The van der Waals surface area contributed by atoms with E-state index in [0.717, 1.165) is 16.7 Å². The fourth-order valence-electron chi connectivity index (χ4n) is 5.05.